The van der Waals surface area contributed by atoms with E-state index in [9.17, 15) is 4.79 Å². The van der Waals surface area contributed by atoms with Gasteiger partial charge in [-0.1, -0.05) is 11.6 Å². The summed E-state index contributed by atoms with van der Waals surface area (Å²) in [6, 6.07) is 5.98. The first kappa shape index (κ1) is 15.0. The summed E-state index contributed by atoms with van der Waals surface area (Å²) in [7, 11) is 1.65. The van der Waals surface area contributed by atoms with Crippen molar-refractivity contribution in [2.45, 2.75) is 13.3 Å². The van der Waals surface area contributed by atoms with Gasteiger partial charge in [-0.05, 0) is 32.0 Å². The molecule has 5 nitrogen and oxygen atoms in total. The molecule has 0 spiro atoms. The maximum Gasteiger partial charge on any atom is 0.230 e. The fourth-order valence-corrected chi connectivity index (χ4v) is 3.28. The second kappa shape index (κ2) is 6.46. The lowest BCUT2D eigenvalue weighted by atomic mass is 10.1. The number of aromatic nitrogens is 1. The molecule has 2 heterocycles. The van der Waals surface area contributed by atoms with Crippen LogP contribution < -0.4 is 15.4 Å². The number of rotatable bonds is 4. The van der Waals surface area contributed by atoms with E-state index in [0.717, 1.165) is 42.1 Å². The SMILES string of the molecule is COc1ccc(C)cc1-c1csc(NC(=O)C2CCNC2)n1. The lowest BCUT2D eigenvalue weighted by molar-refractivity contribution is -0.119. The van der Waals surface area contributed by atoms with Crippen LogP contribution in [0.4, 0.5) is 5.13 Å². The Balaban J connectivity index is 1.79. The number of aryl methyl sites for hydroxylation is 1. The van der Waals surface area contributed by atoms with Crippen molar-refractivity contribution in [3.8, 4) is 17.0 Å². The zero-order valence-electron chi connectivity index (χ0n) is 12.7. The third-order valence-corrected chi connectivity index (χ3v) is 4.55. The predicted molar refractivity (Wildman–Crippen MR) is 88.4 cm³/mol. The average Bonchev–Trinajstić information content (AvgIpc) is 3.18. The van der Waals surface area contributed by atoms with Crippen LogP contribution in [0, 0.1) is 12.8 Å². The second-order valence-electron chi connectivity index (χ2n) is 5.42. The van der Waals surface area contributed by atoms with Gasteiger partial charge in [0.25, 0.3) is 0 Å². The van der Waals surface area contributed by atoms with Crippen molar-refractivity contribution in [3.05, 3.63) is 29.1 Å². The van der Waals surface area contributed by atoms with Crippen LogP contribution >= 0.6 is 11.3 Å². The Labute approximate surface area is 133 Å². The molecular formula is C16H19N3O2S. The quantitative estimate of drug-likeness (QED) is 0.910. The minimum Gasteiger partial charge on any atom is -0.496 e. The number of anilines is 1. The highest BCUT2D eigenvalue weighted by Gasteiger charge is 2.23. The number of benzene rings is 1. The maximum absolute atomic E-state index is 12.1. The Morgan fingerprint density at radius 2 is 2.36 bits per heavy atom. The number of methoxy groups -OCH3 is 1. The second-order valence-corrected chi connectivity index (χ2v) is 6.28. The summed E-state index contributed by atoms with van der Waals surface area (Å²) in [4.78, 5) is 16.7. The number of hydrogen-bond acceptors (Lipinski definition) is 5. The van der Waals surface area contributed by atoms with Crippen molar-refractivity contribution in [1.82, 2.24) is 10.3 Å². The standard InChI is InChI=1S/C16H19N3O2S/c1-10-3-4-14(21-2)12(7-10)13-9-22-16(18-13)19-15(20)11-5-6-17-8-11/h3-4,7,9,11,17H,5-6,8H2,1-2H3,(H,18,19,20). The molecule has 1 unspecified atom stereocenters. The van der Waals surface area contributed by atoms with Crippen LogP contribution in [0.25, 0.3) is 11.3 Å². The summed E-state index contributed by atoms with van der Waals surface area (Å²) < 4.78 is 5.40. The molecule has 1 aliphatic rings. The van der Waals surface area contributed by atoms with Gasteiger partial charge >= 0.3 is 0 Å². The van der Waals surface area contributed by atoms with E-state index in [0.29, 0.717) is 5.13 Å². The van der Waals surface area contributed by atoms with Gasteiger partial charge in [0.2, 0.25) is 5.91 Å². The van der Waals surface area contributed by atoms with Crippen molar-refractivity contribution in [1.29, 1.82) is 0 Å². The minimum absolute atomic E-state index is 0.0425. The molecule has 0 radical (unpaired) electrons. The van der Waals surface area contributed by atoms with Crippen LogP contribution in [0.5, 0.6) is 5.75 Å². The summed E-state index contributed by atoms with van der Waals surface area (Å²) in [6.07, 6.45) is 0.885. The van der Waals surface area contributed by atoms with Crippen LogP contribution in [-0.4, -0.2) is 31.1 Å². The Morgan fingerprint density at radius 3 is 3.09 bits per heavy atom. The molecule has 22 heavy (non-hydrogen) atoms. The van der Waals surface area contributed by atoms with E-state index in [1.165, 1.54) is 11.3 Å². The summed E-state index contributed by atoms with van der Waals surface area (Å²) in [6.45, 7) is 3.68. The van der Waals surface area contributed by atoms with Crippen LogP contribution in [0.2, 0.25) is 0 Å². The van der Waals surface area contributed by atoms with Gasteiger partial charge in [-0.25, -0.2) is 4.98 Å². The monoisotopic (exact) mass is 317 g/mol. The molecule has 1 saturated heterocycles. The average molecular weight is 317 g/mol. The third-order valence-electron chi connectivity index (χ3n) is 3.80. The summed E-state index contributed by atoms with van der Waals surface area (Å²) in [5.74, 6) is 0.872. The molecule has 0 aliphatic carbocycles. The Kier molecular flexibility index (Phi) is 4.40. The third kappa shape index (κ3) is 3.13. The van der Waals surface area contributed by atoms with Crippen molar-refractivity contribution in [2.24, 2.45) is 5.92 Å². The Morgan fingerprint density at radius 1 is 1.50 bits per heavy atom. The van der Waals surface area contributed by atoms with E-state index in [1.54, 1.807) is 7.11 Å². The molecule has 6 heteroatoms. The highest BCUT2D eigenvalue weighted by molar-refractivity contribution is 7.14. The number of carbonyl (C=O) groups excluding carboxylic acids is 1. The molecule has 1 aromatic carbocycles. The van der Waals surface area contributed by atoms with Crippen LogP contribution in [-0.2, 0) is 4.79 Å². The first-order valence-electron chi connectivity index (χ1n) is 7.29. The summed E-state index contributed by atoms with van der Waals surface area (Å²) in [5, 5.41) is 8.69. The van der Waals surface area contributed by atoms with Crippen LogP contribution in [0.3, 0.4) is 0 Å². The molecule has 1 amide bonds. The van der Waals surface area contributed by atoms with Gasteiger partial charge in [0.15, 0.2) is 5.13 Å². The van der Waals surface area contributed by atoms with E-state index < -0.39 is 0 Å². The highest BCUT2D eigenvalue weighted by atomic mass is 32.1. The smallest absolute Gasteiger partial charge is 0.230 e. The van der Waals surface area contributed by atoms with E-state index in [4.69, 9.17) is 4.74 Å². The topological polar surface area (TPSA) is 63.2 Å². The number of nitrogens with zero attached hydrogens (tertiary/aromatic N) is 1. The van der Waals surface area contributed by atoms with E-state index >= 15 is 0 Å². The normalized spacial score (nSPS) is 17.5. The van der Waals surface area contributed by atoms with Crippen molar-refractivity contribution < 1.29 is 9.53 Å². The van der Waals surface area contributed by atoms with Crippen LogP contribution in [0.15, 0.2) is 23.6 Å². The Hall–Kier alpha value is -1.92. The highest BCUT2D eigenvalue weighted by Crippen LogP contribution is 2.33. The first-order chi connectivity index (χ1) is 10.7. The molecule has 1 aromatic heterocycles. The molecular weight excluding hydrogens is 298 g/mol. The fraction of sp³-hybridized carbons (Fsp3) is 0.375. The zero-order valence-corrected chi connectivity index (χ0v) is 13.5. The zero-order chi connectivity index (χ0) is 15.5. The van der Waals surface area contributed by atoms with Crippen LogP contribution in [0.1, 0.15) is 12.0 Å². The first-order valence-corrected chi connectivity index (χ1v) is 8.17. The van der Waals surface area contributed by atoms with Gasteiger partial charge in [0.05, 0.1) is 18.7 Å². The molecule has 0 bridgehead atoms. The predicted octanol–water partition coefficient (Wildman–Crippen LogP) is 2.68. The minimum atomic E-state index is 0.0425. The van der Waals surface area contributed by atoms with Gasteiger partial charge in [0.1, 0.15) is 5.75 Å². The molecule has 2 N–H and O–H groups in total. The number of hydrogen-bond donors (Lipinski definition) is 2. The van der Waals surface area contributed by atoms with Gasteiger partial charge in [-0.2, -0.15) is 0 Å². The van der Waals surface area contributed by atoms with Gasteiger partial charge in [0, 0.05) is 17.5 Å². The molecule has 2 aromatic rings. The number of carbonyl (C=O) groups is 1. The van der Waals surface area contributed by atoms with Crippen molar-refractivity contribution in [2.75, 3.05) is 25.5 Å². The van der Waals surface area contributed by atoms with Crippen molar-refractivity contribution in [3.63, 3.8) is 0 Å². The molecule has 1 fully saturated rings. The summed E-state index contributed by atoms with van der Waals surface area (Å²) >= 11 is 1.44. The lowest BCUT2D eigenvalue weighted by Gasteiger charge is -2.08. The van der Waals surface area contributed by atoms with E-state index in [-0.39, 0.29) is 11.8 Å². The number of amides is 1. The number of nitrogens with one attached hydrogen (secondary N) is 2. The largest absolute Gasteiger partial charge is 0.496 e. The Bertz CT molecular complexity index is 678. The fourth-order valence-electron chi connectivity index (χ4n) is 2.56. The van der Waals surface area contributed by atoms with E-state index in [1.807, 2.05) is 30.5 Å². The molecule has 1 atom stereocenters. The van der Waals surface area contributed by atoms with Crippen molar-refractivity contribution >= 4 is 22.4 Å². The molecule has 1 aliphatic heterocycles. The van der Waals surface area contributed by atoms with Gasteiger partial charge in [-0.15, -0.1) is 11.3 Å². The number of thiazole rings is 1. The van der Waals surface area contributed by atoms with Gasteiger partial charge < -0.3 is 15.4 Å². The molecule has 3 rings (SSSR count). The molecule has 0 saturated carbocycles. The summed E-state index contributed by atoms with van der Waals surface area (Å²) in [5.41, 5.74) is 2.92. The molecule has 116 valence electrons. The van der Waals surface area contributed by atoms with Gasteiger partial charge in [-0.3, -0.25) is 4.79 Å². The number of ether oxygens (including phenoxy) is 1. The lowest BCUT2D eigenvalue weighted by Crippen LogP contribution is -2.24. The van der Waals surface area contributed by atoms with E-state index in [2.05, 4.69) is 15.6 Å². The maximum atomic E-state index is 12.1.